The molecule has 0 fully saturated rings. The molecule has 0 unspecified atom stereocenters. The lowest BCUT2D eigenvalue weighted by Gasteiger charge is -2.13. The van der Waals surface area contributed by atoms with E-state index in [0.717, 1.165) is 12.3 Å². The Morgan fingerprint density at radius 1 is 1.06 bits per heavy atom. The van der Waals surface area contributed by atoms with E-state index in [1.165, 1.54) is 26.5 Å². The molecule has 8 nitrogen and oxygen atoms in total. The Labute approximate surface area is 179 Å². The van der Waals surface area contributed by atoms with Crippen molar-refractivity contribution < 1.29 is 27.4 Å². The van der Waals surface area contributed by atoms with Crippen LogP contribution in [0, 0.1) is 0 Å². The van der Waals surface area contributed by atoms with Crippen LogP contribution in [0.5, 0.6) is 11.5 Å². The minimum Gasteiger partial charge on any atom is -0.493 e. The second-order valence-corrected chi connectivity index (χ2v) is 6.56. The van der Waals surface area contributed by atoms with Crippen LogP contribution in [-0.2, 0) is 6.18 Å². The number of carbonyl (C=O) groups excluding carboxylic acids is 1. The predicted molar refractivity (Wildman–Crippen MR) is 109 cm³/mol. The van der Waals surface area contributed by atoms with Gasteiger partial charge in [0.2, 0.25) is 0 Å². The Hall–Kier alpha value is -4.15. The zero-order valence-corrected chi connectivity index (χ0v) is 16.8. The second kappa shape index (κ2) is 8.17. The number of hydrogen-bond acceptors (Lipinski definition) is 6. The third-order valence-corrected chi connectivity index (χ3v) is 4.59. The molecular weight excluding hydrogens is 427 g/mol. The third kappa shape index (κ3) is 3.92. The van der Waals surface area contributed by atoms with Gasteiger partial charge in [-0.25, -0.2) is 14.5 Å². The summed E-state index contributed by atoms with van der Waals surface area (Å²) < 4.78 is 52.4. The summed E-state index contributed by atoms with van der Waals surface area (Å²) in [5.74, 6) is 0.280. The highest BCUT2D eigenvalue weighted by atomic mass is 19.4. The van der Waals surface area contributed by atoms with Gasteiger partial charge in [0, 0.05) is 11.8 Å². The zero-order valence-electron chi connectivity index (χ0n) is 16.8. The minimum atomic E-state index is -4.74. The molecule has 4 aromatic rings. The van der Waals surface area contributed by atoms with Crippen molar-refractivity contribution in [2.24, 2.45) is 0 Å². The van der Waals surface area contributed by atoms with E-state index in [1.807, 2.05) is 0 Å². The first-order valence-electron chi connectivity index (χ1n) is 9.22. The molecule has 3 aromatic heterocycles. The first kappa shape index (κ1) is 21.1. The molecule has 164 valence electrons. The molecule has 11 heteroatoms. The van der Waals surface area contributed by atoms with Crippen molar-refractivity contribution in [2.75, 3.05) is 19.5 Å². The highest BCUT2D eigenvalue weighted by Gasteiger charge is 2.36. The fourth-order valence-corrected chi connectivity index (χ4v) is 3.09. The van der Waals surface area contributed by atoms with Gasteiger partial charge in [-0.2, -0.15) is 18.3 Å². The maximum Gasteiger partial charge on any atom is 0.433 e. The van der Waals surface area contributed by atoms with Gasteiger partial charge in [-0.3, -0.25) is 4.79 Å². The van der Waals surface area contributed by atoms with Crippen LogP contribution in [0.1, 0.15) is 16.1 Å². The first-order chi connectivity index (χ1) is 15.3. The molecule has 0 saturated carbocycles. The SMILES string of the molecule is COc1ccc(-c2cc(C(F)(F)F)n3ncc(C(=O)Nc4ccccn4)c3n2)cc1OC. The molecule has 1 amide bonds. The smallest absolute Gasteiger partial charge is 0.433 e. The van der Waals surface area contributed by atoms with Crippen molar-refractivity contribution in [1.82, 2.24) is 19.6 Å². The fourth-order valence-electron chi connectivity index (χ4n) is 3.09. The normalized spacial score (nSPS) is 11.4. The second-order valence-electron chi connectivity index (χ2n) is 6.56. The molecule has 0 aliphatic rings. The summed E-state index contributed by atoms with van der Waals surface area (Å²) in [6.07, 6.45) is -2.23. The summed E-state index contributed by atoms with van der Waals surface area (Å²) >= 11 is 0. The number of nitrogens with one attached hydrogen (secondary N) is 1. The predicted octanol–water partition coefficient (Wildman–Crippen LogP) is 4.08. The molecule has 4 rings (SSSR count). The van der Waals surface area contributed by atoms with Crippen molar-refractivity contribution in [3.63, 3.8) is 0 Å². The van der Waals surface area contributed by atoms with Gasteiger partial charge < -0.3 is 14.8 Å². The maximum absolute atomic E-state index is 13.8. The number of pyridine rings is 1. The van der Waals surface area contributed by atoms with Crippen LogP contribution in [0.25, 0.3) is 16.9 Å². The van der Waals surface area contributed by atoms with Crippen molar-refractivity contribution in [1.29, 1.82) is 0 Å². The Bertz CT molecular complexity index is 1290. The fraction of sp³-hybridized carbons (Fsp3) is 0.143. The van der Waals surface area contributed by atoms with Crippen LogP contribution in [0.2, 0.25) is 0 Å². The number of aromatic nitrogens is 4. The standard InChI is InChI=1S/C21H16F3N5O3/c1-31-15-7-6-12(9-16(15)32-2)14-10-17(21(22,23)24)29-19(27-14)13(11-26-29)20(30)28-18-5-3-4-8-25-18/h3-11H,1-2H3,(H,25,28,30). The van der Waals surface area contributed by atoms with Gasteiger partial charge in [-0.1, -0.05) is 6.07 Å². The average molecular weight is 443 g/mol. The van der Waals surface area contributed by atoms with Gasteiger partial charge in [0.05, 0.1) is 26.1 Å². The van der Waals surface area contributed by atoms with Crippen molar-refractivity contribution in [2.45, 2.75) is 6.18 Å². The lowest BCUT2D eigenvalue weighted by Crippen LogP contribution is -2.16. The summed E-state index contributed by atoms with van der Waals surface area (Å²) in [6, 6.07) is 10.3. The number of nitrogens with zero attached hydrogens (tertiary/aromatic N) is 4. The number of fused-ring (bicyclic) bond motifs is 1. The van der Waals surface area contributed by atoms with Crippen LogP contribution < -0.4 is 14.8 Å². The number of rotatable bonds is 5. The number of methoxy groups -OCH3 is 2. The van der Waals surface area contributed by atoms with E-state index in [-0.39, 0.29) is 22.7 Å². The third-order valence-electron chi connectivity index (χ3n) is 4.59. The minimum absolute atomic E-state index is 0.0156. The number of benzene rings is 1. The van der Waals surface area contributed by atoms with E-state index >= 15 is 0 Å². The molecule has 0 saturated heterocycles. The number of carbonyl (C=O) groups is 1. The Morgan fingerprint density at radius 3 is 2.50 bits per heavy atom. The zero-order chi connectivity index (χ0) is 22.9. The van der Waals surface area contributed by atoms with Gasteiger partial charge in [0.15, 0.2) is 22.8 Å². The lowest BCUT2D eigenvalue weighted by atomic mass is 10.1. The van der Waals surface area contributed by atoms with Gasteiger partial charge in [0.25, 0.3) is 5.91 Å². The van der Waals surface area contributed by atoms with E-state index < -0.39 is 17.8 Å². The van der Waals surface area contributed by atoms with E-state index in [0.29, 0.717) is 21.6 Å². The summed E-state index contributed by atoms with van der Waals surface area (Å²) in [6.45, 7) is 0. The molecule has 1 aromatic carbocycles. The van der Waals surface area contributed by atoms with Crippen LogP contribution in [-0.4, -0.2) is 39.7 Å². The van der Waals surface area contributed by atoms with Crippen LogP contribution in [0.4, 0.5) is 19.0 Å². The molecule has 0 atom stereocenters. The van der Waals surface area contributed by atoms with Gasteiger partial charge in [-0.15, -0.1) is 0 Å². The molecular formula is C21H16F3N5O3. The Kier molecular flexibility index (Phi) is 5.39. The number of halogens is 3. The van der Waals surface area contributed by atoms with Crippen LogP contribution in [0.3, 0.4) is 0 Å². The molecule has 1 N–H and O–H groups in total. The number of ether oxygens (including phenoxy) is 2. The van der Waals surface area contributed by atoms with E-state index in [4.69, 9.17) is 9.47 Å². The Balaban J connectivity index is 1.86. The number of amides is 1. The van der Waals surface area contributed by atoms with E-state index in [2.05, 4.69) is 20.4 Å². The Morgan fingerprint density at radius 2 is 1.84 bits per heavy atom. The average Bonchev–Trinajstić information content (AvgIpc) is 3.22. The molecule has 0 bridgehead atoms. The molecule has 32 heavy (non-hydrogen) atoms. The van der Waals surface area contributed by atoms with Gasteiger partial charge >= 0.3 is 6.18 Å². The highest BCUT2D eigenvalue weighted by Crippen LogP contribution is 2.35. The molecule has 3 heterocycles. The number of hydrogen-bond donors (Lipinski definition) is 1. The first-order valence-corrected chi connectivity index (χ1v) is 9.22. The number of anilines is 1. The largest absolute Gasteiger partial charge is 0.493 e. The van der Waals surface area contributed by atoms with Crippen molar-refractivity contribution in [3.05, 3.63) is 66.1 Å². The summed E-state index contributed by atoms with van der Waals surface area (Å²) in [4.78, 5) is 21.0. The highest BCUT2D eigenvalue weighted by molar-refractivity contribution is 6.07. The van der Waals surface area contributed by atoms with Crippen LogP contribution >= 0.6 is 0 Å². The maximum atomic E-state index is 13.8. The molecule has 0 radical (unpaired) electrons. The summed E-state index contributed by atoms with van der Waals surface area (Å²) in [5.41, 5.74) is -1.14. The number of alkyl halides is 3. The summed E-state index contributed by atoms with van der Waals surface area (Å²) in [7, 11) is 2.86. The van der Waals surface area contributed by atoms with Crippen molar-refractivity contribution in [3.8, 4) is 22.8 Å². The topological polar surface area (TPSA) is 90.6 Å². The van der Waals surface area contributed by atoms with E-state index in [1.54, 1.807) is 30.3 Å². The molecule has 0 aliphatic carbocycles. The lowest BCUT2D eigenvalue weighted by molar-refractivity contribution is -0.142. The van der Waals surface area contributed by atoms with E-state index in [9.17, 15) is 18.0 Å². The molecule has 0 spiro atoms. The van der Waals surface area contributed by atoms with Crippen molar-refractivity contribution >= 4 is 17.4 Å². The quantitative estimate of drug-likeness (QED) is 0.500. The van der Waals surface area contributed by atoms with Crippen LogP contribution in [0.15, 0.2) is 54.9 Å². The van der Waals surface area contributed by atoms with Gasteiger partial charge in [0.1, 0.15) is 11.4 Å². The van der Waals surface area contributed by atoms with Gasteiger partial charge in [-0.05, 0) is 36.4 Å². The molecule has 0 aliphatic heterocycles. The summed E-state index contributed by atoms with van der Waals surface area (Å²) in [5, 5.41) is 6.28. The monoisotopic (exact) mass is 443 g/mol.